The van der Waals surface area contributed by atoms with Crippen molar-refractivity contribution in [2.24, 2.45) is 5.92 Å². The van der Waals surface area contributed by atoms with E-state index in [1.165, 1.54) is 0 Å². The summed E-state index contributed by atoms with van der Waals surface area (Å²) in [6, 6.07) is 17.8. The molecule has 0 N–H and O–H groups in total. The minimum atomic E-state index is -1.21. The van der Waals surface area contributed by atoms with Crippen molar-refractivity contribution in [3.05, 3.63) is 77.4 Å². The molecule has 0 radical (unpaired) electrons. The van der Waals surface area contributed by atoms with Gasteiger partial charge in [-0.2, -0.15) is 0 Å². The van der Waals surface area contributed by atoms with E-state index in [-0.39, 0.29) is 5.92 Å². The van der Waals surface area contributed by atoms with Crippen molar-refractivity contribution in [1.29, 1.82) is 0 Å². The van der Waals surface area contributed by atoms with Crippen LogP contribution in [0.5, 0.6) is 0 Å². The van der Waals surface area contributed by atoms with Crippen LogP contribution in [0, 0.1) is 5.92 Å². The summed E-state index contributed by atoms with van der Waals surface area (Å²) in [5.74, 6) is -3.65. The molecule has 126 valence electrons. The lowest BCUT2D eigenvalue weighted by atomic mass is 9.87. The molecule has 4 rings (SSSR count). The number of esters is 2. The first-order chi connectivity index (χ1) is 12.0. The van der Waals surface area contributed by atoms with Crippen LogP contribution in [0.4, 0.5) is 0 Å². The van der Waals surface area contributed by atoms with E-state index in [0.717, 1.165) is 22.3 Å². The maximum absolute atomic E-state index is 12.5. The molecule has 1 unspecified atom stereocenters. The number of fused-ring (bicyclic) bond motifs is 1. The average molecular weight is 334 g/mol. The monoisotopic (exact) mass is 334 g/mol. The highest BCUT2D eigenvalue weighted by Gasteiger charge is 2.48. The number of carbonyl (C=O) groups is 2. The zero-order chi connectivity index (χ0) is 17.6. The Morgan fingerprint density at radius 2 is 1.44 bits per heavy atom. The van der Waals surface area contributed by atoms with Crippen molar-refractivity contribution < 1.29 is 19.1 Å². The van der Waals surface area contributed by atoms with E-state index in [1.54, 1.807) is 13.8 Å². The third-order valence-corrected chi connectivity index (χ3v) is 4.60. The molecule has 0 bridgehead atoms. The second kappa shape index (κ2) is 5.59. The fraction of sp³-hybridized carbons (Fsp3) is 0.238. The molecule has 1 aliphatic heterocycles. The number of hydrogen-bond donors (Lipinski definition) is 0. The van der Waals surface area contributed by atoms with Crippen LogP contribution in [0.2, 0.25) is 0 Å². The van der Waals surface area contributed by atoms with Gasteiger partial charge in [-0.3, -0.25) is 9.59 Å². The van der Waals surface area contributed by atoms with E-state index in [4.69, 9.17) is 9.47 Å². The Labute approximate surface area is 146 Å². The molecular weight excluding hydrogens is 316 g/mol. The van der Waals surface area contributed by atoms with Crippen molar-refractivity contribution in [3.63, 3.8) is 0 Å². The third kappa shape index (κ3) is 2.64. The standard InChI is InChI=1S/C21H18O4/c1-21(2)24-19(22)18(20(23)25-21)17-12-16(13-8-4-3-5-9-13)14-10-6-7-11-15(14)17/h3-12,17-18H,1-2H3. The summed E-state index contributed by atoms with van der Waals surface area (Å²) < 4.78 is 10.6. The number of ether oxygens (including phenoxy) is 2. The first kappa shape index (κ1) is 15.6. The van der Waals surface area contributed by atoms with Crippen molar-refractivity contribution in [2.75, 3.05) is 0 Å². The Bertz CT molecular complexity index is 860. The number of cyclic esters (lactones) is 2. The van der Waals surface area contributed by atoms with Crippen LogP contribution < -0.4 is 0 Å². The average Bonchev–Trinajstić information content (AvgIpc) is 2.94. The SMILES string of the molecule is CC1(C)OC(=O)C(C2C=C(c3ccccc3)c3ccccc32)C(=O)O1. The highest BCUT2D eigenvalue weighted by Crippen LogP contribution is 2.45. The molecule has 1 heterocycles. The van der Waals surface area contributed by atoms with Gasteiger partial charge >= 0.3 is 11.9 Å². The molecule has 2 aromatic rings. The minimum Gasteiger partial charge on any atom is -0.422 e. The van der Waals surface area contributed by atoms with Crippen LogP contribution >= 0.6 is 0 Å². The van der Waals surface area contributed by atoms with Crippen molar-refractivity contribution in [2.45, 2.75) is 25.6 Å². The van der Waals surface area contributed by atoms with Crippen molar-refractivity contribution in [3.8, 4) is 0 Å². The van der Waals surface area contributed by atoms with Crippen LogP contribution in [0.1, 0.15) is 36.5 Å². The maximum Gasteiger partial charge on any atom is 0.324 e. The fourth-order valence-electron chi connectivity index (χ4n) is 3.56. The summed E-state index contributed by atoms with van der Waals surface area (Å²) in [5, 5.41) is 0. The second-order valence-electron chi connectivity index (χ2n) is 6.78. The molecule has 4 heteroatoms. The molecule has 1 fully saturated rings. The molecule has 0 aromatic heterocycles. The van der Waals surface area contributed by atoms with Crippen LogP contribution in [-0.4, -0.2) is 17.7 Å². The van der Waals surface area contributed by atoms with E-state index in [1.807, 2.05) is 60.7 Å². The number of allylic oxidation sites excluding steroid dienone is 1. The number of hydrogen-bond acceptors (Lipinski definition) is 4. The van der Waals surface area contributed by atoms with E-state index in [9.17, 15) is 9.59 Å². The van der Waals surface area contributed by atoms with Gasteiger partial charge in [-0.1, -0.05) is 60.7 Å². The third-order valence-electron chi connectivity index (χ3n) is 4.60. The molecule has 2 aliphatic rings. The Hall–Kier alpha value is -2.88. The van der Waals surface area contributed by atoms with Gasteiger partial charge in [0.2, 0.25) is 0 Å². The molecule has 2 aromatic carbocycles. The molecule has 4 nitrogen and oxygen atoms in total. The number of carbonyl (C=O) groups excluding carboxylic acids is 2. The van der Waals surface area contributed by atoms with Gasteiger partial charge in [-0.05, 0) is 22.3 Å². The van der Waals surface area contributed by atoms with Gasteiger partial charge in [0.1, 0.15) is 0 Å². The lowest BCUT2D eigenvalue weighted by Crippen LogP contribution is -2.47. The van der Waals surface area contributed by atoms with Crippen LogP contribution in [0.15, 0.2) is 60.7 Å². The summed E-state index contributed by atoms with van der Waals surface area (Å²) in [6.45, 7) is 3.12. The summed E-state index contributed by atoms with van der Waals surface area (Å²) in [5.41, 5.74) is 4.05. The highest BCUT2D eigenvalue weighted by atomic mass is 16.7. The molecule has 1 saturated heterocycles. The number of benzene rings is 2. The summed E-state index contributed by atoms with van der Waals surface area (Å²) >= 11 is 0. The predicted molar refractivity (Wildman–Crippen MR) is 92.5 cm³/mol. The fourth-order valence-corrected chi connectivity index (χ4v) is 3.56. The lowest BCUT2D eigenvalue weighted by molar-refractivity contribution is -0.240. The van der Waals surface area contributed by atoms with Gasteiger partial charge in [-0.25, -0.2) is 0 Å². The molecule has 1 atom stereocenters. The second-order valence-corrected chi connectivity index (χ2v) is 6.78. The zero-order valence-corrected chi connectivity index (χ0v) is 14.1. The van der Waals surface area contributed by atoms with Gasteiger partial charge in [0, 0.05) is 19.8 Å². The molecular formula is C21H18O4. The van der Waals surface area contributed by atoms with Gasteiger partial charge < -0.3 is 9.47 Å². The zero-order valence-electron chi connectivity index (χ0n) is 14.1. The van der Waals surface area contributed by atoms with Gasteiger partial charge in [0.15, 0.2) is 5.92 Å². The quantitative estimate of drug-likeness (QED) is 0.621. The first-order valence-corrected chi connectivity index (χ1v) is 8.28. The molecule has 0 spiro atoms. The Balaban J connectivity index is 1.79. The Morgan fingerprint density at radius 3 is 2.12 bits per heavy atom. The van der Waals surface area contributed by atoms with Gasteiger partial charge in [0.05, 0.1) is 0 Å². The summed E-state index contributed by atoms with van der Waals surface area (Å²) in [7, 11) is 0. The normalized spacial score (nSPS) is 22.0. The predicted octanol–water partition coefficient (Wildman–Crippen LogP) is 3.67. The number of rotatable bonds is 2. The van der Waals surface area contributed by atoms with Crippen LogP contribution in [0.3, 0.4) is 0 Å². The summed E-state index contributed by atoms with van der Waals surface area (Å²) in [4.78, 5) is 25.0. The summed E-state index contributed by atoms with van der Waals surface area (Å²) in [6.07, 6.45) is 1.98. The highest BCUT2D eigenvalue weighted by molar-refractivity contribution is 6.00. The largest absolute Gasteiger partial charge is 0.422 e. The van der Waals surface area contributed by atoms with Crippen LogP contribution in [-0.2, 0) is 19.1 Å². The van der Waals surface area contributed by atoms with E-state index >= 15 is 0 Å². The first-order valence-electron chi connectivity index (χ1n) is 8.28. The van der Waals surface area contributed by atoms with E-state index in [2.05, 4.69) is 0 Å². The molecule has 1 aliphatic carbocycles. The van der Waals surface area contributed by atoms with E-state index in [0.29, 0.717) is 0 Å². The maximum atomic E-state index is 12.5. The smallest absolute Gasteiger partial charge is 0.324 e. The molecule has 0 saturated carbocycles. The van der Waals surface area contributed by atoms with Crippen LogP contribution in [0.25, 0.3) is 5.57 Å². The van der Waals surface area contributed by atoms with Crippen molar-refractivity contribution in [1.82, 2.24) is 0 Å². The van der Waals surface area contributed by atoms with Gasteiger partial charge in [-0.15, -0.1) is 0 Å². The lowest BCUT2D eigenvalue weighted by Gasteiger charge is -2.34. The minimum absolute atomic E-state index is 0.387. The van der Waals surface area contributed by atoms with Crippen molar-refractivity contribution >= 4 is 17.5 Å². The van der Waals surface area contributed by atoms with Gasteiger partial charge in [0.25, 0.3) is 5.79 Å². The Morgan fingerprint density at radius 1 is 0.840 bits per heavy atom. The topological polar surface area (TPSA) is 52.6 Å². The molecule has 0 amide bonds. The Kier molecular flexibility index (Phi) is 3.49. The molecule has 25 heavy (non-hydrogen) atoms. The van der Waals surface area contributed by atoms with E-state index < -0.39 is 23.6 Å².